The highest BCUT2D eigenvalue weighted by Crippen LogP contribution is 2.10. The van der Waals surface area contributed by atoms with E-state index >= 15 is 0 Å². The van der Waals surface area contributed by atoms with Crippen molar-refractivity contribution in [1.29, 1.82) is 0 Å². The molecule has 1 heterocycles. The second-order valence-corrected chi connectivity index (χ2v) is 5.18. The van der Waals surface area contributed by atoms with Gasteiger partial charge in [0, 0.05) is 11.6 Å². The number of nitrogens with one attached hydrogen (secondary N) is 1. The van der Waals surface area contributed by atoms with Gasteiger partial charge in [0.15, 0.2) is 0 Å². The number of amides is 1. The molecule has 1 N–H and O–H groups in total. The van der Waals surface area contributed by atoms with Gasteiger partial charge in [0.2, 0.25) is 5.91 Å². The minimum Gasteiger partial charge on any atom is -0.351 e. The van der Waals surface area contributed by atoms with Gasteiger partial charge in [0.05, 0.1) is 6.54 Å². The van der Waals surface area contributed by atoms with Crippen molar-refractivity contribution in [2.75, 3.05) is 19.6 Å². The maximum absolute atomic E-state index is 11.8. The first kappa shape index (κ1) is 13.4. The number of benzene rings is 1. The molecule has 98 valence electrons. The number of carbonyl (C=O) groups is 1. The number of carbonyl (C=O) groups excluding carboxylic acids is 1. The van der Waals surface area contributed by atoms with Crippen molar-refractivity contribution in [3.8, 4) is 0 Å². The Morgan fingerprint density at radius 3 is 2.50 bits per heavy atom. The topological polar surface area (TPSA) is 32.3 Å². The molecule has 3 nitrogen and oxygen atoms in total. The third-order valence-corrected chi connectivity index (χ3v) is 3.47. The molecule has 4 heteroatoms. The van der Waals surface area contributed by atoms with Gasteiger partial charge in [0.1, 0.15) is 0 Å². The zero-order valence-electron chi connectivity index (χ0n) is 10.5. The van der Waals surface area contributed by atoms with E-state index < -0.39 is 0 Å². The van der Waals surface area contributed by atoms with Crippen molar-refractivity contribution in [1.82, 2.24) is 10.2 Å². The summed E-state index contributed by atoms with van der Waals surface area (Å²) in [5.41, 5.74) is 1.08. The molecule has 1 amide bonds. The van der Waals surface area contributed by atoms with Gasteiger partial charge in [-0.15, -0.1) is 0 Å². The van der Waals surface area contributed by atoms with Gasteiger partial charge < -0.3 is 5.32 Å². The Kier molecular flexibility index (Phi) is 5.02. The SMILES string of the molecule is O=C(CN1CCCCC1)NCc1ccc(Cl)cc1. The highest BCUT2D eigenvalue weighted by Gasteiger charge is 2.13. The molecule has 0 atom stereocenters. The summed E-state index contributed by atoms with van der Waals surface area (Å²) >= 11 is 5.81. The fourth-order valence-electron chi connectivity index (χ4n) is 2.18. The van der Waals surface area contributed by atoms with Crippen LogP contribution in [0, 0.1) is 0 Å². The minimum atomic E-state index is 0.104. The third-order valence-electron chi connectivity index (χ3n) is 3.22. The monoisotopic (exact) mass is 266 g/mol. The maximum atomic E-state index is 11.8. The maximum Gasteiger partial charge on any atom is 0.234 e. The molecule has 0 radical (unpaired) electrons. The summed E-state index contributed by atoms with van der Waals surface area (Å²) in [5.74, 6) is 0.104. The average molecular weight is 267 g/mol. The zero-order chi connectivity index (χ0) is 12.8. The van der Waals surface area contributed by atoms with E-state index in [0.29, 0.717) is 13.1 Å². The molecule has 2 rings (SSSR count). The molecule has 1 aromatic rings. The highest BCUT2D eigenvalue weighted by molar-refractivity contribution is 6.30. The molecule has 0 aliphatic carbocycles. The van der Waals surface area contributed by atoms with Crippen molar-refractivity contribution < 1.29 is 4.79 Å². The summed E-state index contributed by atoms with van der Waals surface area (Å²) in [6.45, 7) is 3.19. The van der Waals surface area contributed by atoms with Crippen LogP contribution in [0.5, 0.6) is 0 Å². The largest absolute Gasteiger partial charge is 0.351 e. The first-order chi connectivity index (χ1) is 8.74. The lowest BCUT2D eigenvalue weighted by Gasteiger charge is -2.25. The number of rotatable bonds is 4. The van der Waals surface area contributed by atoms with Gasteiger partial charge >= 0.3 is 0 Å². The number of hydrogen-bond donors (Lipinski definition) is 1. The summed E-state index contributed by atoms with van der Waals surface area (Å²) in [7, 11) is 0. The lowest BCUT2D eigenvalue weighted by Crippen LogP contribution is -2.39. The Morgan fingerprint density at radius 1 is 1.17 bits per heavy atom. The Hall–Kier alpha value is -1.06. The number of likely N-dealkylation sites (tertiary alicyclic amines) is 1. The van der Waals surface area contributed by atoms with E-state index in [9.17, 15) is 4.79 Å². The van der Waals surface area contributed by atoms with Gasteiger partial charge in [-0.25, -0.2) is 0 Å². The van der Waals surface area contributed by atoms with Crippen molar-refractivity contribution in [3.05, 3.63) is 34.9 Å². The van der Waals surface area contributed by atoms with Crippen LogP contribution in [0.25, 0.3) is 0 Å². The molecule has 18 heavy (non-hydrogen) atoms. The van der Waals surface area contributed by atoms with E-state index in [1.807, 2.05) is 24.3 Å². The predicted octanol–water partition coefficient (Wildman–Crippen LogP) is 2.44. The fourth-order valence-corrected chi connectivity index (χ4v) is 2.31. The van der Waals surface area contributed by atoms with Gasteiger partial charge in [-0.3, -0.25) is 9.69 Å². The van der Waals surface area contributed by atoms with E-state index in [2.05, 4.69) is 10.2 Å². The van der Waals surface area contributed by atoms with Crippen LogP contribution in [0.2, 0.25) is 5.02 Å². The standard InChI is InChI=1S/C14H19ClN2O/c15-13-6-4-12(5-7-13)10-16-14(18)11-17-8-2-1-3-9-17/h4-7H,1-3,8-11H2,(H,16,18). The summed E-state index contributed by atoms with van der Waals surface area (Å²) in [6.07, 6.45) is 3.72. The Morgan fingerprint density at radius 2 is 1.83 bits per heavy atom. The van der Waals surface area contributed by atoms with Crippen LogP contribution in [0.3, 0.4) is 0 Å². The van der Waals surface area contributed by atoms with Crippen molar-refractivity contribution >= 4 is 17.5 Å². The lowest BCUT2D eigenvalue weighted by atomic mass is 10.1. The summed E-state index contributed by atoms with van der Waals surface area (Å²) < 4.78 is 0. The molecule has 1 saturated heterocycles. The van der Waals surface area contributed by atoms with E-state index in [-0.39, 0.29) is 5.91 Å². The summed E-state index contributed by atoms with van der Waals surface area (Å²) in [6, 6.07) is 7.55. The molecular weight excluding hydrogens is 248 g/mol. The van der Waals surface area contributed by atoms with Gasteiger partial charge in [-0.05, 0) is 43.6 Å². The molecule has 0 saturated carbocycles. The second-order valence-electron chi connectivity index (χ2n) is 4.74. The van der Waals surface area contributed by atoms with Crippen LogP contribution in [0.4, 0.5) is 0 Å². The molecule has 1 aliphatic heterocycles. The van der Waals surface area contributed by atoms with E-state index in [0.717, 1.165) is 23.7 Å². The quantitative estimate of drug-likeness (QED) is 0.908. The van der Waals surface area contributed by atoms with Gasteiger partial charge in [0.25, 0.3) is 0 Å². The molecule has 0 unspecified atom stereocenters. The van der Waals surface area contributed by atoms with Crippen LogP contribution >= 0.6 is 11.6 Å². The molecule has 0 aromatic heterocycles. The van der Waals surface area contributed by atoms with Gasteiger partial charge in [-0.1, -0.05) is 30.2 Å². The first-order valence-corrected chi connectivity index (χ1v) is 6.85. The third kappa shape index (κ3) is 4.31. The van der Waals surface area contributed by atoms with Crippen LogP contribution in [0.1, 0.15) is 24.8 Å². The van der Waals surface area contributed by atoms with Crippen molar-refractivity contribution in [3.63, 3.8) is 0 Å². The van der Waals surface area contributed by atoms with Crippen LogP contribution in [-0.4, -0.2) is 30.4 Å². The smallest absolute Gasteiger partial charge is 0.234 e. The average Bonchev–Trinajstić information content (AvgIpc) is 2.39. The number of nitrogens with zero attached hydrogens (tertiary/aromatic N) is 1. The van der Waals surface area contributed by atoms with E-state index in [1.165, 1.54) is 19.3 Å². The van der Waals surface area contributed by atoms with E-state index in [4.69, 9.17) is 11.6 Å². The normalized spacial score (nSPS) is 16.5. The Balaban J connectivity index is 1.72. The lowest BCUT2D eigenvalue weighted by molar-refractivity contribution is -0.122. The molecule has 1 aliphatic rings. The first-order valence-electron chi connectivity index (χ1n) is 6.47. The molecule has 0 bridgehead atoms. The molecule has 1 aromatic carbocycles. The van der Waals surface area contributed by atoms with Crippen molar-refractivity contribution in [2.24, 2.45) is 0 Å². The van der Waals surface area contributed by atoms with Crippen LogP contribution in [-0.2, 0) is 11.3 Å². The molecule has 1 fully saturated rings. The Labute approximate surface area is 113 Å². The summed E-state index contributed by atoms with van der Waals surface area (Å²) in [5, 5.41) is 3.66. The summed E-state index contributed by atoms with van der Waals surface area (Å²) in [4.78, 5) is 14.0. The highest BCUT2D eigenvalue weighted by atomic mass is 35.5. The number of hydrogen-bond acceptors (Lipinski definition) is 2. The predicted molar refractivity (Wildman–Crippen MR) is 73.6 cm³/mol. The number of halogens is 1. The fraction of sp³-hybridized carbons (Fsp3) is 0.500. The van der Waals surface area contributed by atoms with Gasteiger partial charge in [-0.2, -0.15) is 0 Å². The van der Waals surface area contributed by atoms with Crippen LogP contribution < -0.4 is 5.32 Å². The zero-order valence-corrected chi connectivity index (χ0v) is 11.2. The number of piperidine rings is 1. The molecular formula is C14H19ClN2O. The van der Waals surface area contributed by atoms with Crippen LogP contribution in [0.15, 0.2) is 24.3 Å². The van der Waals surface area contributed by atoms with E-state index in [1.54, 1.807) is 0 Å². The second kappa shape index (κ2) is 6.76. The van der Waals surface area contributed by atoms with Crippen molar-refractivity contribution in [2.45, 2.75) is 25.8 Å². The Bertz CT molecular complexity index is 385. The molecule has 0 spiro atoms. The minimum absolute atomic E-state index is 0.104.